The van der Waals surface area contributed by atoms with E-state index in [1.54, 1.807) is 26.0 Å². The molecule has 0 bridgehead atoms. The maximum atomic E-state index is 13.9. The second kappa shape index (κ2) is 13.1. The smallest absolute Gasteiger partial charge is 0.262 e. The van der Waals surface area contributed by atoms with Crippen LogP contribution in [-0.2, 0) is 4.79 Å². The number of ether oxygens (including phenoxy) is 2. The number of rotatable bonds is 11. The Morgan fingerprint density at radius 3 is 2.55 bits per heavy atom. The lowest BCUT2D eigenvalue weighted by atomic mass is 10.0. The predicted molar refractivity (Wildman–Crippen MR) is 134 cm³/mol. The number of carbonyl (C=O) groups is 2. The lowest BCUT2D eigenvalue weighted by molar-refractivity contribution is -0.123. The Morgan fingerprint density at radius 1 is 1.18 bits per heavy atom. The van der Waals surface area contributed by atoms with Crippen LogP contribution in [0.1, 0.15) is 50.0 Å². The molecule has 2 N–H and O–H groups in total. The van der Waals surface area contributed by atoms with Crippen LogP contribution in [-0.4, -0.2) is 37.3 Å². The van der Waals surface area contributed by atoms with E-state index in [4.69, 9.17) is 9.47 Å². The van der Waals surface area contributed by atoms with E-state index in [0.29, 0.717) is 30.3 Å². The number of carbonyl (C=O) groups excluding carboxylic acids is 2. The van der Waals surface area contributed by atoms with Gasteiger partial charge in [-0.3, -0.25) is 9.59 Å². The van der Waals surface area contributed by atoms with Gasteiger partial charge in [0.05, 0.1) is 28.6 Å². The third-order valence-electron chi connectivity index (χ3n) is 4.52. The standard InChI is InChI=1S/C24H29FIN3O4/c1-5-11-33-22-19(26)12-16(13-20(22)32-6-2)14-27-29-24(31)21(15(3)4)28-23(30)17-9-7-8-10-18(17)25/h7-10,12-15,21H,5-6,11H2,1-4H3,(H,28,30)(H,29,31)/b27-14+. The Labute approximate surface area is 207 Å². The van der Waals surface area contributed by atoms with Crippen LogP contribution in [0.3, 0.4) is 0 Å². The van der Waals surface area contributed by atoms with E-state index >= 15 is 0 Å². The van der Waals surface area contributed by atoms with Gasteiger partial charge in [-0.15, -0.1) is 0 Å². The molecule has 0 aliphatic carbocycles. The summed E-state index contributed by atoms with van der Waals surface area (Å²) < 4.78 is 26.2. The van der Waals surface area contributed by atoms with Crippen LogP contribution in [0, 0.1) is 15.3 Å². The quantitative estimate of drug-likeness (QED) is 0.237. The molecule has 9 heteroatoms. The van der Waals surface area contributed by atoms with Gasteiger partial charge in [0, 0.05) is 0 Å². The molecule has 0 saturated heterocycles. The minimum Gasteiger partial charge on any atom is -0.490 e. The van der Waals surface area contributed by atoms with E-state index in [0.717, 1.165) is 9.99 Å². The highest BCUT2D eigenvalue weighted by molar-refractivity contribution is 14.1. The number of nitrogens with one attached hydrogen (secondary N) is 2. The fraction of sp³-hybridized carbons (Fsp3) is 0.375. The number of benzene rings is 2. The Hall–Kier alpha value is -2.69. The molecule has 0 aliphatic heterocycles. The highest BCUT2D eigenvalue weighted by atomic mass is 127. The lowest BCUT2D eigenvalue weighted by Crippen LogP contribution is -2.48. The van der Waals surface area contributed by atoms with Crippen LogP contribution in [0.2, 0.25) is 0 Å². The fourth-order valence-corrected chi connectivity index (χ4v) is 3.69. The zero-order valence-corrected chi connectivity index (χ0v) is 21.3. The molecule has 0 radical (unpaired) electrons. The van der Waals surface area contributed by atoms with Crippen molar-refractivity contribution in [3.63, 3.8) is 0 Å². The van der Waals surface area contributed by atoms with Crippen LogP contribution in [0.15, 0.2) is 41.5 Å². The molecule has 1 atom stereocenters. The molecule has 2 amide bonds. The first-order valence-corrected chi connectivity index (χ1v) is 11.8. The van der Waals surface area contributed by atoms with E-state index in [2.05, 4.69) is 38.4 Å². The van der Waals surface area contributed by atoms with E-state index in [1.807, 2.05) is 19.9 Å². The first-order chi connectivity index (χ1) is 15.8. The Kier molecular flexibility index (Phi) is 10.6. The van der Waals surface area contributed by atoms with Gasteiger partial charge in [0.15, 0.2) is 11.5 Å². The summed E-state index contributed by atoms with van der Waals surface area (Å²) in [4.78, 5) is 25.1. The molecule has 2 rings (SSSR count). The van der Waals surface area contributed by atoms with Crippen molar-refractivity contribution in [1.82, 2.24) is 10.7 Å². The molecule has 178 valence electrons. The van der Waals surface area contributed by atoms with Crippen LogP contribution in [0.25, 0.3) is 0 Å². The van der Waals surface area contributed by atoms with Crippen molar-refractivity contribution in [1.29, 1.82) is 0 Å². The molecular weight excluding hydrogens is 540 g/mol. The number of nitrogens with zero attached hydrogens (tertiary/aromatic N) is 1. The van der Waals surface area contributed by atoms with Crippen molar-refractivity contribution in [3.8, 4) is 11.5 Å². The molecule has 1 unspecified atom stereocenters. The van der Waals surface area contributed by atoms with Gasteiger partial charge in [0.1, 0.15) is 11.9 Å². The van der Waals surface area contributed by atoms with Gasteiger partial charge in [-0.05, 0) is 71.7 Å². The molecule has 0 heterocycles. The first kappa shape index (κ1) is 26.6. The maximum Gasteiger partial charge on any atom is 0.262 e. The average molecular weight is 569 g/mol. The van der Waals surface area contributed by atoms with Gasteiger partial charge < -0.3 is 14.8 Å². The second-order valence-electron chi connectivity index (χ2n) is 7.52. The van der Waals surface area contributed by atoms with Crippen LogP contribution in [0.5, 0.6) is 11.5 Å². The van der Waals surface area contributed by atoms with Crippen molar-refractivity contribution in [2.24, 2.45) is 11.0 Å². The molecule has 0 aromatic heterocycles. The lowest BCUT2D eigenvalue weighted by Gasteiger charge is -2.20. The predicted octanol–water partition coefficient (Wildman–Crippen LogP) is 4.52. The summed E-state index contributed by atoms with van der Waals surface area (Å²) in [5.74, 6) is -0.782. The molecule has 2 aromatic carbocycles. The normalized spacial score (nSPS) is 12.0. The summed E-state index contributed by atoms with van der Waals surface area (Å²) in [7, 11) is 0. The fourth-order valence-electron chi connectivity index (χ4n) is 2.91. The summed E-state index contributed by atoms with van der Waals surface area (Å²) in [6.45, 7) is 8.53. The Balaban J connectivity index is 2.11. The molecule has 0 aliphatic rings. The van der Waals surface area contributed by atoms with E-state index < -0.39 is 23.7 Å². The van der Waals surface area contributed by atoms with Crippen molar-refractivity contribution in [3.05, 3.63) is 56.9 Å². The van der Waals surface area contributed by atoms with E-state index in [1.165, 1.54) is 24.4 Å². The van der Waals surface area contributed by atoms with Crippen LogP contribution < -0.4 is 20.2 Å². The van der Waals surface area contributed by atoms with Crippen LogP contribution in [0.4, 0.5) is 4.39 Å². The summed E-state index contributed by atoms with van der Waals surface area (Å²) >= 11 is 2.16. The van der Waals surface area contributed by atoms with Crippen molar-refractivity contribution in [2.75, 3.05) is 13.2 Å². The summed E-state index contributed by atoms with van der Waals surface area (Å²) in [5.41, 5.74) is 3.04. The topological polar surface area (TPSA) is 89.0 Å². The molecule has 33 heavy (non-hydrogen) atoms. The molecule has 0 fully saturated rings. The monoisotopic (exact) mass is 569 g/mol. The van der Waals surface area contributed by atoms with E-state index in [-0.39, 0.29) is 11.5 Å². The summed E-state index contributed by atoms with van der Waals surface area (Å²) in [6.07, 6.45) is 2.36. The third kappa shape index (κ3) is 7.69. The molecule has 2 aromatic rings. The molecular formula is C24H29FIN3O4. The Morgan fingerprint density at radius 2 is 1.91 bits per heavy atom. The zero-order chi connectivity index (χ0) is 24.4. The highest BCUT2D eigenvalue weighted by Gasteiger charge is 2.25. The average Bonchev–Trinajstić information content (AvgIpc) is 2.77. The van der Waals surface area contributed by atoms with Gasteiger partial charge in [0.2, 0.25) is 0 Å². The van der Waals surface area contributed by atoms with Crippen molar-refractivity contribution in [2.45, 2.75) is 40.2 Å². The molecule has 7 nitrogen and oxygen atoms in total. The van der Waals surface area contributed by atoms with Gasteiger partial charge in [-0.25, -0.2) is 9.82 Å². The summed E-state index contributed by atoms with van der Waals surface area (Å²) in [6, 6.07) is 8.37. The maximum absolute atomic E-state index is 13.9. The summed E-state index contributed by atoms with van der Waals surface area (Å²) in [5, 5.41) is 6.61. The molecule has 0 saturated carbocycles. The highest BCUT2D eigenvalue weighted by Crippen LogP contribution is 2.34. The number of hydrazone groups is 1. The van der Waals surface area contributed by atoms with Crippen molar-refractivity contribution >= 4 is 40.6 Å². The van der Waals surface area contributed by atoms with Gasteiger partial charge >= 0.3 is 0 Å². The number of hydrogen-bond acceptors (Lipinski definition) is 5. The SMILES string of the molecule is CCCOc1c(I)cc(/C=N/NC(=O)C(NC(=O)c2ccccc2F)C(C)C)cc1OCC. The second-order valence-corrected chi connectivity index (χ2v) is 8.68. The first-order valence-electron chi connectivity index (χ1n) is 10.8. The zero-order valence-electron chi connectivity index (χ0n) is 19.2. The van der Waals surface area contributed by atoms with Gasteiger partial charge in [-0.2, -0.15) is 5.10 Å². The van der Waals surface area contributed by atoms with Crippen molar-refractivity contribution < 1.29 is 23.5 Å². The van der Waals surface area contributed by atoms with E-state index in [9.17, 15) is 14.0 Å². The number of hydrogen-bond donors (Lipinski definition) is 2. The largest absolute Gasteiger partial charge is 0.490 e. The third-order valence-corrected chi connectivity index (χ3v) is 5.33. The number of halogens is 2. The number of amides is 2. The van der Waals surface area contributed by atoms with Gasteiger partial charge in [-0.1, -0.05) is 32.9 Å². The van der Waals surface area contributed by atoms with Gasteiger partial charge in [0.25, 0.3) is 11.8 Å². The minimum absolute atomic E-state index is 0.122. The minimum atomic E-state index is -0.891. The molecule has 0 spiro atoms. The Bertz CT molecular complexity index is 998. The van der Waals surface area contributed by atoms with Crippen LogP contribution >= 0.6 is 22.6 Å².